The molecule has 224 valence electrons. The molecule has 41 heavy (non-hydrogen) atoms. The molecule has 1 saturated heterocycles. The van der Waals surface area contributed by atoms with Gasteiger partial charge >= 0.3 is 21.7 Å². The van der Waals surface area contributed by atoms with Crippen LogP contribution in [-0.2, 0) is 24.4 Å². The fraction of sp³-hybridized carbons (Fsp3) is 0.462. The maximum atomic E-state index is 13.4. The van der Waals surface area contributed by atoms with Crippen LogP contribution in [-0.4, -0.2) is 88.1 Å². The van der Waals surface area contributed by atoms with Crippen molar-refractivity contribution in [2.45, 2.75) is 36.5 Å². The number of alkyl halides is 3. The van der Waals surface area contributed by atoms with Gasteiger partial charge in [0.15, 0.2) is 0 Å². The van der Waals surface area contributed by atoms with E-state index >= 15 is 0 Å². The summed E-state index contributed by atoms with van der Waals surface area (Å²) in [4.78, 5) is 27.7. The minimum atomic E-state index is -5.96. The van der Waals surface area contributed by atoms with Crippen molar-refractivity contribution in [3.8, 4) is 11.5 Å². The summed E-state index contributed by atoms with van der Waals surface area (Å²) < 4.78 is 84.1. The van der Waals surface area contributed by atoms with Gasteiger partial charge in [0, 0.05) is 38.3 Å². The molecule has 3 unspecified atom stereocenters. The van der Waals surface area contributed by atoms with Crippen LogP contribution in [0.2, 0.25) is 0 Å². The number of rotatable bonds is 10. The monoisotopic (exact) mass is 602 g/mol. The van der Waals surface area contributed by atoms with Gasteiger partial charge in [-0.15, -0.1) is 0 Å². The molecule has 2 heterocycles. The number of hydrogen-bond acceptors (Lipinski definition) is 8. The van der Waals surface area contributed by atoms with E-state index in [1.54, 1.807) is 36.3 Å². The number of piperidine rings is 1. The number of halogens is 3. The van der Waals surface area contributed by atoms with E-state index in [0.717, 1.165) is 11.0 Å². The largest absolute Gasteiger partial charge is 0.534 e. The normalized spacial score (nSPS) is 21.3. The Morgan fingerprint density at radius 1 is 1.15 bits per heavy atom. The van der Waals surface area contributed by atoms with E-state index in [-0.39, 0.29) is 37.6 Å². The molecular formula is C26H29F3N2O9S. The highest BCUT2D eigenvalue weighted by Crippen LogP contribution is 2.39. The number of nitrogens with zero attached hydrogens (tertiary/aromatic N) is 2. The van der Waals surface area contributed by atoms with E-state index in [9.17, 15) is 36.3 Å². The molecule has 0 spiro atoms. The molecule has 15 heteroatoms. The average Bonchev–Trinajstić information content (AvgIpc) is 2.92. The third-order valence-corrected chi connectivity index (χ3v) is 7.76. The Hall–Kier alpha value is -3.56. The molecular weight excluding hydrogens is 573 g/mol. The van der Waals surface area contributed by atoms with E-state index in [1.807, 2.05) is 0 Å². The van der Waals surface area contributed by atoms with E-state index in [0.29, 0.717) is 31.0 Å². The number of ether oxygens (including phenoxy) is 3. The minimum Gasteiger partial charge on any atom is -0.476 e. The zero-order valence-electron chi connectivity index (χ0n) is 22.0. The van der Waals surface area contributed by atoms with Gasteiger partial charge in [-0.1, -0.05) is 30.3 Å². The molecule has 0 saturated carbocycles. The van der Waals surface area contributed by atoms with Crippen LogP contribution in [0.1, 0.15) is 24.3 Å². The lowest BCUT2D eigenvalue weighted by Crippen LogP contribution is -2.51. The van der Waals surface area contributed by atoms with Crippen LogP contribution in [0.3, 0.4) is 0 Å². The first-order chi connectivity index (χ1) is 19.4. The second-order valence-electron chi connectivity index (χ2n) is 9.43. The summed E-state index contributed by atoms with van der Waals surface area (Å²) in [6.45, 7) is 0.302. The topological polar surface area (TPSA) is 132 Å². The van der Waals surface area contributed by atoms with E-state index in [1.165, 1.54) is 18.2 Å². The Bertz CT molecular complexity index is 1360. The first kappa shape index (κ1) is 30.4. The van der Waals surface area contributed by atoms with E-state index in [2.05, 4.69) is 4.18 Å². The van der Waals surface area contributed by atoms with Gasteiger partial charge in [0.05, 0.1) is 24.9 Å². The van der Waals surface area contributed by atoms with Crippen molar-refractivity contribution in [1.29, 1.82) is 0 Å². The number of carboxylic acid groups (broad SMARTS) is 1. The third kappa shape index (κ3) is 6.85. The summed E-state index contributed by atoms with van der Waals surface area (Å²) in [5.74, 6) is -1.24. The van der Waals surface area contributed by atoms with Gasteiger partial charge in [-0.2, -0.15) is 21.6 Å². The predicted molar refractivity (Wildman–Crippen MR) is 138 cm³/mol. The lowest BCUT2D eigenvalue weighted by Gasteiger charge is -2.39. The van der Waals surface area contributed by atoms with Gasteiger partial charge in [0.1, 0.15) is 11.5 Å². The molecule has 1 N–H and O–H groups in total. The molecule has 1 fully saturated rings. The van der Waals surface area contributed by atoms with E-state index in [4.69, 9.17) is 14.2 Å². The molecule has 0 radical (unpaired) electrons. The smallest absolute Gasteiger partial charge is 0.476 e. The number of methoxy groups -OCH3 is 1. The standard InChI is InChI=1S/C26H29F3N2O9S/c1-37-14-6-12-31-19-8-3-5-10-21(19)39-23(24(31)32)16-38-22-15-30(25(33)34)13-11-18(22)17-7-2-4-9-20(17)40-41(35,36)26(27,28)29/h2-5,7-10,18,22-23H,6,11-16H2,1H3,(H,33,34). The van der Waals surface area contributed by atoms with Crippen LogP contribution in [0, 0.1) is 0 Å². The van der Waals surface area contributed by atoms with Crippen molar-refractivity contribution in [2.24, 2.45) is 0 Å². The van der Waals surface area contributed by atoms with Gasteiger partial charge in [-0.25, -0.2) is 4.79 Å². The summed E-state index contributed by atoms with van der Waals surface area (Å²) in [5, 5.41) is 9.56. The summed E-state index contributed by atoms with van der Waals surface area (Å²) in [7, 11) is -4.41. The van der Waals surface area contributed by atoms with Crippen LogP contribution in [0.25, 0.3) is 0 Å². The van der Waals surface area contributed by atoms with Crippen LogP contribution >= 0.6 is 0 Å². The first-order valence-electron chi connectivity index (χ1n) is 12.7. The Morgan fingerprint density at radius 3 is 2.56 bits per heavy atom. The number of benzene rings is 2. The van der Waals surface area contributed by atoms with Crippen molar-refractivity contribution in [3.63, 3.8) is 0 Å². The number of carbonyl (C=O) groups excluding carboxylic acids is 1. The Morgan fingerprint density at radius 2 is 1.85 bits per heavy atom. The van der Waals surface area contributed by atoms with E-state index < -0.39 is 45.6 Å². The van der Waals surface area contributed by atoms with Gasteiger partial charge < -0.3 is 33.3 Å². The zero-order chi connectivity index (χ0) is 29.8. The molecule has 2 aromatic rings. The molecule has 4 rings (SSSR count). The lowest BCUT2D eigenvalue weighted by molar-refractivity contribution is -0.131. The number of carbonyl (C=O) groups is 2. The molecule has 3 atom stereocenters. The summed E-state index contributed by atoms with van der Waals surface area (Å²) >= 11 is 0. The van der Waals surface area contributed by atoms with Crippen LogP contribution in [0.4, 0.5) is 23.7 Å². The van der Waals surface area contributed by atoms with Crippen molar-refractivity contribution >= 4 is 27.8 Å². The van der Waals surface area contributed by atoms with Crippen molar-refractivity contribution in [2.75, 3.05) is 44.9 Å². The third-order valence-electron chi connectivity index (χ3n) is 6.79. The highest BCUT2D eigenvalue weighted by atomic mass is 32.2. The molecule has 0 bridgehead atoms. The SMILES string of the molecule is COCCCN1C(=O)C(COC2CN(C(=O)O)CCC2c2ccccc2OS(=O)(=O)C(F)(F)F)Oc2ccccc21. The zero-order valence-corrected chi connectivity index (χ0v) is 22.8. The number of para-hydroxylation sites is 3. The number of likely N-dealkylation sites (tertiary alicyclic amines) is 1. The highest BCUT2D eigenvalue weighted by Gasteiger charge is 2.49. The second-order valence-corrected chi connectivity index (χ2v) is 11.0. The average molecular weight is 603 g/mol. The van der Waals surface area contributed by atoms with Gasteiger partial charge in [-0.3, -0.25) is 4.79 Å². The van der Waals surface area contributed by atoms with Crippen LogP contribution < -0.4 is 13.8 Å². The Kier molecular flexibility index (Phi) is 9.29. The lowest BCUT2D eigenvalue weighted by atomic mass is 9.86. The van der Waals surface area contributed by atoms with Crippen molar-refractivity contribution in [3.05, 3.63) is 54.1 Å². The first-order valence-corrected chi connectivity index (χ1v) is 14.1. The van der Waals surface area contributed by atoms with Gasteiger partial charge in [-0.05, 0) is 31.0 Å². The molecule has 0 aliphatic carbocycles. The molecule has 2 amide bonds. The fourth-order valence-electron chi connectivity index (χ4n) is 4.83. The molecule has 0 aromatic heterocycles. The number of amides is 2. The quantitative estimate of drug-likeness (QED) is 0.246. The Labute approximate surface area is 234 Å². The molecule has 2 aliphatic heterocycles. The minimum absolute atomic E-state index is 0.0136. The highest BCUT2D eigenvalue weighted by molar-refractivity contribution is 7.88. The number of fused-ring (bicyclic) bond motifs is 1. The Balaban J connectivity index is 1.58. The number of hydrogen-bond donors (Lipinski definition) is 1. The van der Waals surface area contributed by atoms with Crippen LogP contribution in [0.15, 0.2) is 48.5 Å². The van der Waals surface area contributed by atoms with Gasteiger partial charge in [0.25, 0.3) is 5.91 Å². The molecule has 11 nitrogen and oxygen atoms in total. The maximum Gasteiger partial charge on any atom is 0.534 e. The molecule has 2 aromatic carbocycles. The summed E-state index contributed by atoms with van der Waals surface area (Å²) in [6.07, 6.45) is -2.64. The predicted octanol–water partition coefficient (Wildman–Crippen LogP) is 3.60. The van der Waals surface area contributed by atoms with Crippen molar-refractivity contribution in [1.82, 2.24) is 4.90 Å². The van der Waals surface area contributed by atoms with Crippen LogP contribution in [0.5, 0.6) is 11.5 Å². The fourth-order valence-corrected chi connectivity index (χ4v) is 5.32. The summed E-state index contributed by atoms with van der Waals surface area (Å²) in [5.41, 5.74) is -4.97. The van der Waals surface area contributed by atoms with Crippen molar-refractivity contribution < 1.29 is 54.7 Å². The maximum absolute atomic E-state index is 13.4. The van der Waals surface area contributed by atoms with Gasteiger partial charge in [0.2, 0.25) is 6.10 Å². The second kappa shape index (κ2) is 12.5. The molecule has 2 aliphatic rings. The number of anilines is 1. The summed E-state index contributed by atoms with van der Waals surface area (Å²) in [6, 6.07) is 12.2.